The number of hydrogen-bond donors (Lipinski definition) is 1. The summed E-state index contributed by atoms with van der Waals surface area (Å²) in [5, 5.41) is 3.09. The molecule has 1 unspecified atom stereocenters. The summed E-state index contributed by atoms with van der Waals surface area (Å²) in [5.74, 6) is 1.52. The summed E-state index contributed by atoms with van der Waals surface area (Å²) in [6.45, 7) is 16.1. The number of ether oxygens (including phenoxy) is 2. The molecule has 31 heavy (non-hydrogen) atoms. The molecule has 1 aliphatic rings. The van der Waals surface area contributed by atoms with Crippen LogP contribution < -0.4 is 10.1 Å². The lowest BCUT2D eigenvalue weighted by Gasteiger charge is -2.35. The van der Waals surface area contributed by atoms with E-state index in [2.05, 4.69) is 44.8 Å². The molecule has 1 heterocycles. The van der Waals surface area contributed by atoms with Crippen LogP contribution in [0.1, 0.15) is 73.6 Å². The van der Waals surface area contributed by atoms with Gasteiger partial charge in [-0.05, 0) is 82.2 Å². The Labute approximate surface area is 189 Å². The topological polar surface area (TPSA) is 50.8 Å². The van der Waals surface area contributed by atoms with Crippen molar-refractivity contribution in [2.75, 3.05) is 31.6 Å². The fourth-order valence-corrected chi connectivity index (χ4v) is 4.70. The molecule has 0 radical (unpaired) electrons. The molecular weight excluding hydrogens is 388 g/mol. The van der Waals surface area contributed by atoms with Gasteiger partial charge in [0.15, 0.2) is 0 Å². The Kier molecular flexibility index (Phi) is 10.3. The summed E-state index contributed by atoms with van der Waals surface area (Å²) in [4.78, 5) is 15.8. The van der Waals surface area contributed by atoms with Crippen LogP contribution in [0, 0.1) is 11.8 Å². The summed E-state index contributed by atoms with van der Waals surface area (Å²) >= 11 is 0. The maximum Gasteiger partial charge on any atom is 0.256 e. The standard InChI is InChI=1S/C26H44N2O3/c1-7-31-26(18-20(2)3,19-21(4)5)25(29)27-23-11-13-24(14-12-23)30-17-16-28-15-9-8-10-22(28)6/h11-14,20-22H,7-10,15-19H2,1-6H3,(H,27,29). The Hall–Kier alpha value is -1.59. The van der Waals surface area contributed by atoms with Crippen LogP contribution in [-0.4, -0.2) is 48.8 Å². The van der Waals surface area contributed by atoms with Gasteiger partial charge in [-0.3, -0.25) is 9.69 Å². The molecule has 1 amide bonds. The van der Waals surface area contributed by atoms with Crippen molar-refractivity contribution in [2.24, 2.45) is 11.8 Å². The van der Waals surface area contributed by atoms with Crippen molar-refractivity contribution < 1.29 is 14.3 Å². The summed E-state index contributed by atoms with van der Waals surface area (Å²) < 4.78 is 12.0. The molecule has 0 spiro atoms. The van der Waals surface area contributed by atoms with E-state index in [0.29, 0.717) is 43.9 Å². The van der Waals surface area contributed by atoms with Gasteiger partial charge >= 0.3 is 0 Å². The highest BCUT2D eigenvalue weighted by Gasteiger charge is 2.40. The summed E-state index contributed by atoms with van der Waals surface area (Å²) in [6, 6.07) is 8.35. The molecule has 1 saturated heterocycles. The van der Waals surface area contributed by atoms with Crippen molar-refractivity contribution in [1.82, 2.24) is 4.90 Å². The molecule has 1 aromatic rings. The van der Waals surface area contributed by atoms with Crippen LogP contribution in [0.2, 0.25) is 0 Å². The van der Waals surface area contributed by atoms with E-state index < -0.39 is 5.60 Å². The molecule has 176 valence electrons. The summed E-state index contributed by atoms with van der Waals surface area (Å²) in [5.41, 5.74) is -0.0178. The number of benzene rings is 1. The first kappa shape index (κ1) is 25.7. The van der Waals surface area contributed by atoms with Crippen molar-refractivity contribution >= 4 is 11.6 Å². The third kappa shape index (κ3) is 8.12. The van der Waals surface area contributed by atoms with Crippen LogP contribution >= 0.6 is 0 Å². The Balaban J connectivity index is 1.95. The number of hydrogen-bond acceptors (Lipinski definition) is 4. The molecule has 0 aliphatic carbocycles. The normalized spacial score (nSPS) is 17.9. The summed E-state index contributed by atoms with van der Waals surface area (Å²) in [6.07, 6.45) is 5.33. The molecule has 0 saturated carbocycles. The highest BCUT2D eigenvalue weighted by molar-refractivity contribution is 5.97. The second-order valence-electron chi connectivity index (χ2n) is 9.83. The fraction of sp³-hybridized carbons (Fsp3) is 0.731. The maximum atomic E-state index is 13.3. The zero-order valence-electron chi connectivity index (χ0n) is 20.6. The number of rotatable bonds is 12. The van der Waals surface area contributed by atoms with Gasteiger partial charge in [0.2, 0.25) is 0 Å². The molecule has 5 heteroatoms. The van der Waals surface area contributed by atoms with Gasteiger partial charge < -0.3 is 14.8 Å². The van der Waals surface area contributed by atoms with E-state index in [-0.39, 0.29) is 5.91 Å². The van der Waals surface area contributed by atoms with E-state index in [4.69, 9.17) is 9.47 Å². The third-order valence-electron chi connectivity index (χ3n) is 6.01. The van der Waals surface area contributed by atoms with E-state index >= 15 is 0 Å². The predicted molar refractivity (Wildman–Crippen MR) is 129 cm³/mol. The molecule has 1 N–H and O–H groups in total. The van der Waals surface area contributed by atoms with Gasteiger partial charge in [-0.25, -0.2) is 0 Å². The quantitative estimate of drug-likeness (QED) is 0.457. The zero-order chi connectivity index (χ0) is 22.9. The third-order valence-corrected chi connectivity index (χ3v) is 6.01. The van der Waals surface area contributed by atoms with Crippen LogP contribution in [0.3, 0.4) is 0 Å². The maximum absolute atomic E-state index is 13.3. The van der Waals surface area contributed by atoms with Crippen LogP contribution in [0.15, 0.2) is 24.3 Å². The van der Waals surface area contributed by atoms with Crippen LogP contribution in [0.25, 0.3) is 0 Å². The van der Waals surface area contributed by atoms with Gasteiger partial charge in [-0.15, -0.1) is 0 Å². The minimum absolute atomic E-state index is 0.0514. The number of piperidine rings is 1. The van der Waals surface area contributed by atoms with Gasteiger partial charge in [0, 0.05) is 24.9 Å². The van der Waals surface area contributed by atoms with Gasteiger partial charge in [0.05, 0.1) is 0 Å². The van der Waals surface area contributed by atoms with Crippen molar-refractivity contribution in [3.05, 3.63) is 24.3 Å². The van der Waals surface area contributed by atoms with Crippen LogP contribution in [0.4, 0.5) is 5.69 Å². The Morgan fingerprint density at radius 3 is 2.32 bits per heavy atom. The van der Waals surface area contributed by atoms with Crippen molar-refractivity contribution in [3.8, 4) is 5.75 Å². The molecule has 5 nitrogen and oxygen atoms in total. The first-order valence-corrected chi connectivity index (χ1v) is 12.2. The molecule has 0 bridgehead atoms. The zero-order valence-corrected chi connectivity index (χ0v) is 20.6. The minimum atomic E-state index is -0.794. The first-order valence-electron chi connectivity index (χ1n) is 12.2. The molecular formula is C26H44N2O3. The van der Waals surface area contributed by atoms with Crippen LogP contribution in [0.5, 0.6) is 5.75 Å². The lowest BCUT2D eigenvalue weighted by molar-refractivity contribution is -0.146. The van der Waals surface area contributed by atoms with Gasteiger partial charge in [-0.1, -0.05) is 34.1 Å². The largest absolute Gasteiger partial charge is 0.492 e. The molecule has 1 aliphatic heterocycles. The number of nitrogens with one attached hydrogen (secondary N) is 1. The Morgan fingerprint density at radius 2 is 1.77 bits per heavy atom. The number of amides is 1. The Morgan fingerprint density at radius 1 is 1.13 bits per heavy atom. The number of anilines is 1. The number of nitrogens with zero attached hydrogens (tertiary/aromatic N) is 1. The first-order chi connectivity index (χ1) is 14.8. The second-order valence-corrected chi connectivity index (χ2v) is 9.83. The molecule has 2 rings (SSSR count). The second kappa shape index (κ2) is 12.4. The van der Waals surface area contributed by atoms with E-state index in [0.717, 1.165) is 18.0 Å². The predicted octanol–water partition coefficient (Wildman–Crippen LogP) is 5.75. The minimum Gasteiger partial charge on any atom is -0.492 e. The monoisotopic (exact) mass is 432 g/mol. The van der Waals surface area contributed by atoms with Gasteiger partial charge in [-0.2, -0.15) is 0 Å². The molecule has 1 fully saturated rings. The van der Waals surface area contributed by atoms with Gasteiger partial charge in [0.25, 0.3) is 5.91 Å². The molecule has 1 aromatic carbocycles. The molecule has 1 atom stereocenters. The fourth-order valence-electron chi connectivity index (χ4n) is 4.70. The molecule has 0 aromatic heterocycles. The van der Waals surface area contributed by atoms with Crippen LogP contribution in [-0.2, 0) is 9.53 Å². The van der Waals surface area contributed by atoms with E-state index in [1.807, 2.05) is 31.2 Å². The number of likely N-dealkylation sites (tertiary alicyclic amines) is 1. The lowest BCUT2D eigenvalue weighted by Crippen LogP contribution is -2.47. The van der Waals surface area contributed by atoms with E-state index in [1.54, 1.807) is 0 Å². The number of carbonyl (C=O) groups is 1. The van der Waals surface area contributed by atoms with Gasteiger partial charge in [0.1, 0.15) is 18.0 Å². The average Bonchev–Trinajstić information content (AvgIpc) is 2.70. The lowest BCUT2D eigenvalue weighted by atomic mass is 9.83. The highest BCUT2D eigenvalue weighted by atomic mass is 16.5. The smallest absolute Gasteiger partial charge is 0.256 e. The summed E-state index contributed by atoms with van der Waals surface area (Å²) in [7, 11) is 0. The number of carbonyl (C=O) groups excluding carboxylic acids is 1. The van der Waals surface area contributed by atoms with Crippen molar-refractivity contribution in [1.29, 1.82) is 0 Å². The van der Waals surface area contributed by atoms with Crippen molar-refractivity contribution in [3.63, 3.8) is 0 Å². The SMILES string of the molecule is CCOC(CC(C)C)(CC(C)C)C(=O)Nc1ccc(OCCN2CCCCC2C)cc1. The van der Waals surface area contributed by atoms with Crippen molar-refractivity contribution in [2.45, 2.75) is 85.3 Å². The van der Waals surface area contributed by atoms with E-state index in [9.17, 15) is 4.79 Å². The Bertz CT molecular complexity index is 647. The highest BCUT2D eigenvalue weighted by Crippen LogP contribution is 2.31. The average molecular weight is 433 g/mol. The van der Waals surface area contributed by atoms with E-state index in [1.165, 1.54) is 25.8 Å².